The molecule has 15 heterocycles. The van der Waals surface area contributed by atoms with Gasteiger partial charge in [0.25, 0.3) is 17.7 Å². The van der Waals surface area contributed by atoms with E-state index in [1.807, 2.05) is 0 Å². The lowest BCUT2D eigenvalue weighted by Crippen LogP contribution is -2.42. The molecule has 18 rings (SSSR count). The van der Waals surface area contributed by atoms with Gasteiger partial charge >= 0.3 is 19.8 Å². The standard InChI is InChI=1S/3C27H27ClF2N8O4/c3*28-17-2-3-22(42-27(29)30)18(14-17)23-20(33-25(39)19-15-32-37-6-1-5-31-24(19)37)16-38(34-23)21-4-7-36(26(21)40)9-8-35-10-12-41-13-11-35/h3*1-3,5-6,14-16,21,27H,4,7-13H2,(H,33,39)/t2*21-;/m10./s1. The molecule has 0 spiro atoms. The Kier molecular flexibility index (Phi) is 27.2. The highest BCUT2D eigenvalue weighted by Crippen LogP contribution is 2.43. The first-order valence-electron chi connectivity index (χ1n) is 40.2. The maximum absolute atomic E-state index is 13.4. The van der Waals surface area contributed by atoms with Crippen molar-refractivity contribution in [2.24, 2.45) is 0 Å². The van der Waals surface area contributed by atoms with Crippen LogP contribution in [0, 0.1) is 0 Å². The molecular weight excluding hydrogens is 1720 g/mol. The molecule has 6 aliphatic rings. The summed E-state index contributed by atoms with van der Waals surface area (Å²) in [6.07, 6.45) is 19.7. The third-order valence-corrected chi connectivity index (χ3v) is 22.6. The van der Waals surface area contributed by atoms with E-state index in [1.54, 1.807) is 51.5 Å². The summed E-state index contributed by atoms with van der Waals surface area (Å²) >= 11 is 18.7. The molecule has 1 unspecified atom stereocenters. The Labute approximate surface area is 727 Å². The van der Waals surface area contributed by atoms with Crippen molar-refractivity contribution in [1.82, 2.24) is 103 Å². The maximum Gasteiger partial charge on any atom is 0.387 e. The predicted octanol–water partition coefficient (Wildman–Crippen LogP) is 9.62. The van der Waals surface area contributed by atoms with Crippen molar-refractivity contribution in [3.8, 4) is 51.0 Å². The molecule has 0 radical (unpaired) electrons. The number of alkyl halides is 6. The van der Waals surface area contributed by atoms with E-state index in [0.29, 0.717) is 115 Å². The van der Waals surface area contributed by atoms with Crippen LogP contribution in [0.1, 0.15) is 68.5 Å². The van der Waals surface area contributed by atoms with Crippen molar-refractivity contribution in [2.45, 2.75) is 57.2 Å². The fourth-order valence-electron chi connectivity index (χ4n) is 15.5. The van der Waals surface area contributed by atoms with Crippen molar-refractivity contribution < 1.29 is 83.5 Å². The first-order chi connectivity index (χ1) is 61.1. The number of nitrogens with one attached hydrogen (secondary N) is 3. The predicted molar refractivity (Wildman–Crippen MR) is 443 cm³/mol. The number of benzene rings is 3. The zero-order valence-electron chi connectivity index (χ0n) is 67.0. The second-order valence-corrected chi connectivity index (χ2v) is 30.9. The lowest BCUT2D eigenvalue weighted by Gasteiger charge is -2.28. The number of hydrogen-bond donors (Lipinski definition) is 3. The fourth-order valence-corrected chi connectivity index (χ4v) is 16.1. The summed E-state index contributed by atoms with van der Waals surface area (Å²) < 4.78 is 119. The molecule has 3 aromatic carbocycles. The summed E-state index contributed by atoms with van der Waals surface area (Å²) in [7, 11) is 0. The first-order valence-corrected chi connectivity index (χ1v) is 41.3. The van der Waals surface area contributed by atoms with Crippen molar-refractivity contribution in [3.05, 3.63) is 179 Å². The minimum Gasteiger partial charge on any atom is -0.434 e. The molecular formula is C81H81Cl3F6N24O12. The summed E-state index contributed by atoms with van der Waals surface area (Å²) in [5.74, 6) is -2.53. The molecule has 6 aliphatic heterocycles. The second kappa shape index (κ2) is 39.4. The van der Waals surface area contributed by atoms with Crippen LogP contribution in [0.3, 0.4) is 0 Å². The van der Waals surface area contributed by atoms with Gasteiger partial charge in [0.05, 0.1) is 93.9 Å². The number of carbonyl (C=O) groups excluding carboxylic acids is 6. The van der Waals surface area contributed by atoms with Gasteiger partial charge in [0, 0.05) is 167 Å². The third kappa shape index (κ3) is 20.1. The quantitative estimate of drug-likeness (QED) is 0.0403. The summed E-state index contributed by atoms with van der Waals surface area (Å²) in [5.41, 5.74) is 2.83. The van der Waals surface area contributed by atoms with Gasteiger partial charge in [0.2, 0.25) is 17.7 Å². The average Bonchev–Trinajstić information content (AvgIpc) is 1.63. The summed E-state index contributed by atoms with van der Waals surface area (Å²) in [4.78, 5) is 105. The van der Waals surface area contributed by atoms with Crippen LogP contribution in [0.2, 0.25) is 15.1 Å². The number of amides is 6. The number of halogens is 9. The average molecular weight is 1800 g/mol. The number of ether oxygens (including phenoxy) is 6. The van der Waals surface area contributed by atoms with Crippen LogP contribution in [-0.4, -0.2) is 296 Å². The number of rotatable bonds is 27. The van der Waals surface area contributed by atoms with Crippen LogP contribution in [0.15, 0.2) is 147 Å². The van der Waals surface area contributed by atoms with Crippen LogP contribution >= 0.6 is 34.8 Å². The molecule has 3 atom stereocenters. The fraction of sp³-hybridized carbons (Fsp3) is 0.370. The number of aromatic nitrogens is 15. The zero-order valence-corrected chi connectivity index (χ0v) is 69.3. The number of morpholine rings is 3. The lowest BCUT2D eigenvalue weighted by molar-refractivity contribution is -0.131. The molecule has 6 fully saturated rings. The summed E-state index contributed by atoms with van der Waals surface area (Å²) in [6, 6.07) is 15.5. The van der Waals surface area contributed by atoms with Crippen molar-refractivity contribution >= 4 is 104 Å². The van der Waals surface area contributed by atoms with E-state index in [9.17, 15) is 55.1 Å². The van der Waals surface area contributed by atoms with Crippen molar-refractivity contribution in [3.63, 3.8) is 0 Å². The Morgan fingerprint density at radius 3 is 0.952 bits per heavy atom. The number of fused-ring (bicyclic) bond motifs is 3. The Bertz CT molecular complexity index is 5380. The van der Waals surface area contributed by atoms with Gasteiger partial charge in [-0.2, -0.15) is 56.9 Å². The highest BCUT2D eigenvalue weighted by Gasteiger charge is 2.40. The second-order valence-electron chi connectivity index (χ2n) is 29.6. The molecule has 0 saturated carbocycles. The van der Waals surface area contributed by atoms with Gasteiger partial charge in [-0.25, -0.2) is 28.5 Å². The molecule has 6 saturated heterocycles. The zero-order chi connectivity index (χ0) is 87.6. The number of carbonyl (C=O) groups is 6. The Hall–Kier alpha value is -12.4. The van der Waals surface area contributed by atoms with Crippen molar-refractivity contribution in [2.75, 3.05) is 154 Å². The third-order valence-electron chi connectivity index (χ3n) is 21.9. The van der Waals surface area contributed by atoms with Crippen molar-refractivity contribution in [1.29, 1.82) is 0 Å². The smallest absolute Gasteiger partial charge is 0.387 e. The van der Waals surface area contributed by atoms with Crippen LogP contribution in [0.25, 0.3) is 50.7 Å². The normalized spacial score (nSPS) is 17.9. The van der Waals surface area contributed by atoms with Gasteiger partial charge in [0.15, 0.2) is 16.9 Å². The van der Waals surface area contributed by atoms with Gasteiger partial charge < -0.3 is 59.1 Å². The molecule has 126 heavy (non-hydrogen) atoms. The minimum absolute atomic E-state index is 0.114. The number of likely N-dealkylation sites (tertiary alicyclic amines) is 3. The van der Waals surface area contributed by atoms with Gasteiger partial charge in [-0.1, -0.05) is 34.8 Å². The minimum atomic E-state index is -3.11. The van der Waals surface area contributed by atoms with E-state index in [1.165, 1.54) is 138 Å². The number of anilines is 3. The Balaban J connectivity index is 0.000000139. The molecule has 3 N–H and O–H groups in total. The van der Waals surface area contributed by atoms with E-state index in [2.05, 4.69) is 76.2 Å². The van der Waals surface area contributed by atoms with E-state index in [-0.39, 0.29) is 118 Å². The molecule has 0 bridgehead atoms. The highest BCUT2D eigenvalue weighted by molar-refractivity contribution is 6.31. The van der Waals surface area contributed by atoms with Crippen LogP contribution in [-0.2, 0) is 28.6 Å². The summed E-state index contributed by atoms with van der Waals surface area (Å²) in [5, 5.41) is 35.4. The maximum atomic E-state index is 13.4. The summed E-state index contributed by atoms with van der Waals surface area (Å²) in [6.45, 7) is 5.16. The molecule has 0 aliphatic carbocycles. The van der Waals surface area contributed by atoms with Gasteiger partial charge in [0.1, 0.15) is 69.1 Å². The molecule has 12 aromatic rings. The molecule has 9 aromatic heterocycles. The van der Waals surface area contributed by atoms with Crippen LogP contribution < -0.4 is 30.2 Å². The molecule has 6 amide bonds. The Morgan fingerprint density at radius 2 is 0.683 bits per heavy atom. The largest absolute Gasteiger partial charge is 0.434 e. The van der Waals surface area contributed by atoms with Crippen LogP contribution in [0.4, 0.5) is 43.4 Å². The Morgan fingerprint density at radius 1 is 0.405 bits per heavy atom. The van der Waals surface area contributed by atoms with Gasteiger partial charge in [-0.15, -0.1) is 0 Å². The number of hydrogen-bond acceptors (Lipinski definition) is 24. The highest BCUT2D eigenvalue weighted by atomic mass is 35.5. The molecule has 45 heteroatoms. The SMILES string of the molecule is O=C(Nc1cn(C2CCN(CCN3CCOCC3)C2=O)nc1-c1cc(Cl)ccc1OC(F)F)c1cnn2cccnc12.O=C(Nc1cn([C@@H]2CCN(CCN3CCOCC3)C2=O)nc1-c1cc(Cl)ccc1OC(F)F)c1cnn2cccnc12.O=C(Nc1cn([C@H]2CCN(CCN3CCOCC3)C2=O)nc1-c1cc(Cl)ccc1OC(F)F)c1cnn2cccnc12. The van der Waals surface area contributed by atoms with E-state index in [4.69, 9.17) is 63.2 Å². The van der Waals surface area contributed by atoms with Gasteiger partial charge in [-0.05, 0) is 92.1 Å². The van der Waals surface area contributed by atoms with E-state index in [0.717, 1.165) is 58.9 Å². The lowest BCUT2D eigenvalue weighted by atomic mass is 10.1. The topological polar surface area (TPSA) is 357 Å². The van der Waals surface area contributed by atoms with E-state index >= 15 is 0 Å². The molecule has 660 valence electrons. The number of nitrogens with zero attached hydrogens (tertiary/aromatic N) is 21. The van der Waals surface area contributed by atoms with E-state index < -0.39 is 55.7 Å². The first kappa shape index (κ1) is 87.1. The monoisotopic (exact) mass is 1800 g/mol. The molecule has 36 nitrogen and oxygen atoms in total. The van der Waals surface area contributed by atoms with Crippen LogP contribution in [0.5, 0.6) is 17.2 Å². The van der Waals surface area contributed by atoms with Gasteiger partial charge in [-0.3, -0.25) is 57.5 Å².